The van der Waals surface area contributed by atoms with Crippen LogP contribution >= 0.6 is 11.6 Å². The SMILES string of the molecule is Cc1ncccc1C(O)c1ccccc1Cl. The van der Waals surface area contributed by atoms with Gasteiger partial charge in [-0.1, -0.05) is 35.9 Å². The molecule has 2 aromatic rings. The van der Waals surface area contributed by atoms with Crippen LogP contribution in [0, 0.1) is 6.92 Å². The van der Waals surface area contributed by atoms with Crippen molar-refractivity contribution in [2.45, 2.75) is 13.0 Å². The fourth-order valence-electron chi connectivity index (χ4n) is 1.65. The molecule has 16 heavy (non-hydrogen) atoms. The molecule has 1 unspecified atom stereocenters. The van der Waals surface area contributed by atoms with Crippen LogP contribution in [0.25, 0.3) is 0 Å². The lowest BCUT2D eigenvalue weighted by Gasteiger charge is -2.14. The topological polar surface area (TPSA) is 33.1 Å². The predicted molar refractivity (Wildman–Crippen MR) is 64.5 cm³/mol. The summed E-state index contributed by atoms with van der Waals surface area (Å²) in [6.45, 7) is 1.87. The number of halogens is 1. The Morgan fingerprint density at radius 1 is 1.12 bits per heavy atom. The molecule has 0 aliphatic carbocycles. The molecule has 0 radical (unpaired) electrons. The smallest absolute Gasteiger partial charge is 0.107 e. The quantitative estimate of drug-likeness (QED) is 0.865. The fourth-order valence-corrected chi connectivity index (χ4v) is 1.89. The largest absolute Gasteiger partial charge is 0.384 e. The summed E-state index contributed by atoms with van der Waals surface area (Å²) in [5.41, 5.74) is 2.31. The van der Waals surface area contributed by atoms with Gasteiger partial charge in [0.2, 0.25) is 0 Å². The van der Waals surface area contributed by atoms with Crippen molar-refractivity contribution in [3.05, 3.63) is 64.4 Å². The third-order valence-electron chi connectivity index (χ3n) is 2.54. The van der Waals surface area contributed by atoms with E-state index in [0.717, 1.165) is 11.3 Å². The van der Waals surface area contributed by atoms with Gasteiger partial charge in [0.25, 0.3) is 0 Å². The average Bonchev–Trinajstić information content (AvgIpc) is 2.29. The monoisotopic (exact) mass is 233 g/mol. The number of pyridine rings is 1. The van der Waals surface area contributed by atoms with E-state index in [4.69, 9.17) is 11.6 Å². The number of aryl methyl sites for hydroxylation is 1. The fraction of sp³-hybridized carbons (Fsp3) is 0.154. The summed E-state index contributed by atoms with van der Waals surface area (Å²) in [5.74, 6) is 0. The summed E-state index contributed by atoms with van der Waals surface area (Å²) < 4.78 is 0. The highest BCUT2D eigenvalue weighted by Gasteiger charge is 2.15. The van der Waals surface area contributed by atoms with Gasteiger partial charge in [0, 0.05) is 28.0 Å². The lowest BCUT2D eigenvalue weighted by atomic mass is 10.0. The molecule has 0 saturated heterocycles. The highest BCUT2D eigenvalue weighted by molar-refractivity contribution is 6.31. The molecule has 82 valence electrons. The predicted octanol–water partition coefficient (Wildman–Crippen LogP) is 3.13. The van der Waals surface area contributed by atoms with Gasteiger partial charge in [-0.2, -0.15) is 0 Å². The Morgan fingerprint density at radius 3 is 2.50 bits per heavy atom. The molecule has 0 aliphatic heterocycles. The van der Waals surface area contributed by atoms with Gasteiger partial charge in [-0.3, -0.25) is 4.98 Å². The van der Waals surface area contributed by atoms with Crippen molar-refractivity contribution in [1.82, 2.24) is 4.98 Å². The number of aliphatic hydroxyl groups excluding tert-OH is 1. The van der Waals surface area contributed by atoms with E-state index in [1.54, 1.807) is 12.3 Å². The van der Waals surface area contributed by atoms with Crippen LogP contribution in [0.5, 0.6) is 0 Å². The lowest BCUT2D eigenvalue weighted by molar-refractivity contribution is 0.219. The molecule has 1 aromatic carbocycles. The van der Waals surface area contributed by atoms with Gasteiger partial charge in [0.1, 0.15) is 6.10 Å². The molecule has 0 saturated carbocycles. The van der Waals surface area contributed by atoms with Crippen molar-refractivity contribution < 1.29 is 5.11 Å². The summed E-state index contributed by atoms with van der Waals surface area (Å²) in [5, 5.41) is 10.8. The second kappa shape index (κ2) is 4.64. The molecule has 1 aromatic heterocycles. The van der Waals surface area contributed by atoms with Gasteiger partial charge < -0.3 is 5.11 Å². The Hall–Kier alpha value is -1.38. The molecule has 0 aliphatic rings. The summed E-state index contributed by atoms with van der Waals surface area (Å²) in [6, 6.07) is 11.0. The van der Waals surface area contributed by atoms with Gasteiger partial charge in [-0.15, -0.1) is 0 Å². The first-order chi connectivity index (χ1) is 7.70. The van der Waals surface area contributed by atoms with Crippen LogP contribution in [0.3, 0.4) is 0 Å². The number of hydrogen-bond acceptors (Lipinski definition) is 2. The number of benzene rings is 1. The third-order valence-corrected chi connectivity index (χ3v) is 2.89. The maximum absolute atomic E-state index is 10.2. The van der Waals surface area contributed by atoms with Crippen molar-refractivity contribution in [3.63, 3.8) is 0 Å². The molecule has 0 fully saturated rings. The Morgan fingerprint density at radius 2 is 1.81 bits per heavy atom. The minimum atomic E-state index is -0.720. The zero-order valence-corrected chi connectivity index (χ0v) is 9.65. The normalized spacial score (nSPS) is 12.4. The van der Waals surface area contributed by atoms with Crippen molar-refractivity contribution in [3.8, 4) is 0 Å². The van der Waals surface area contributed by atoms with E-state index in [1.807, 2.05) is 37.3 Å². The standard InChI is InChI=1S/C13H12ClNO/c1-9-10(6-4-8-15-9)13(16)11-5-2-3-7-12(11)14/h2-8,13,16H,1H3. The first-order valence-electron chi connectivity index (χ1n) is 5.04. The second-order valence-corrected chi connectivity index (χ2v) is 4.01. The van der Waals surface area contributed by atoms with Gasteiger partial charge >= 0.3 is 0 Å². The summed E-state index contributed by atoms with van der Waals surface area (Å²) in [4.78, 5) is 4.15. The van der Waals surface area contributed by atoms with Crippen LogP contribution in [0.1, 0.15) is 22.9 Å². The third kappa shape index (κ3) is 2.08. The summed E-state index contributed by atoms with van der Waals surface area (Å²) >= 11 is 6.04. The minimum absolute atomic E-state index is 0.568. The average molecular weight is 234 g/mol. The minimum Gasteiger partial charge on any atom is -0.384 e. The van der Waals surface area contributed by atoms with Gasteiger partial charge in [0.05, 0.1) is 0 Å². The zero-order valence-electron chi connectivity index (χ0n) is 8.89. The molecule has 1 heterocycles. The number of nitrogens with zero attached hydrogens (tertiary/aromatic N) is 1. The first kappa shape index (κ1) is 11.1. The van der Waals surface area contributed by atoms with Gasteiger partial charge in [-0.25, -0.2) is 0 Å². The molecule has 3 heteroatoms. The molecular weight excluding hydrogens is 222 g/mol. The van der Waals surface area contributed by atoms with Crippen LogP contribution in [0.4, 0.5) is 0 Å². The highest BCUT2D eigenvalue weighted by atomic mass is 35.5. The van der Waals surface area contributed by atoms with E-state index in [0.29, 0.717) is 10.6 Å². The van der Waals surface area contributed by atoms with Crippen LogP contribution < -0.4 is 0 Å². The number of rotatable bonds is 2. The van der Waals surface area contributed by atoms with Crippen LogP contribution in [0.15, 0.2) is 42.6 Å². The van der Waals surface area contributed by atoms with E-state index >= 15 is 0 Å². The Kier molecular flexibility index (Phi) is 3.22. The maximum Gasteiger partial charge on any atom is 0.107 e. The molecule has 0 bridgehead atoms. The van der Waals surface area contributed by atoms with E-state index in [1.165, 1.54) is 0 Å². The second-order valence-electron chi connectivity index (χ2n) is 3.60. The Labute approximate surface area is 99.5 Å². The lowest BCUT2D eigenvalue weighted by Crippen LogP contribution is -2.03. The van der Waals surface area contributed by atoms with Crippen molar-refractivity contribution in [2.24, 2.45) is 0 Å². The first-order valence-corrected chi connectivity index (χ1v) is 5.42. The number of hydrogen-bond donors (Lipinski definition) is 1. The molecular formula is C13H12ClNO. The van der Waals surface area contributed by atoms with Crippen LogP contribution in [-0.4, -0.2) is 10.1 Å². The molecule has 0 spiro atoms. The zero-order chi connectivity index (χ0) is 11.5. The highest BCUT2D eigenvalue weighted by Crippen LogP contribution is 2.28. The van der Waals surface area contributed by atoms with Gasteiger partial charge in [-0.05, 0) is 19.1 Å². The van der Waals surface area contributed by atoms with E-state index in [2.05, 4.69) is 4.98 Å². The summed E-state index contributed by atoms with van der Waals surface area (Å²) in [7, 11) is 0. The Balaban J connectivity index is 2.44. The van der Waals surface area contributed by atoms with E-state index in [-0.39, 0.29) is 0 Å². The number of aromatic nitrogens is 1. The molecule has 2 rings (SSSR count). The van der Waals surface area contributed by atoms with Crippen LogP contribution in [0.2, 0.25) is 5.02 Å². The summed E-state index contributed by atoms with van der Waals surface area (Å²) in [6.07, 6.45) is 0.987. The Bertz CT molecular complexity index is 453. The van der Waals surface area contributed by atoms with Gasteiger partial charge in [0.15, 0.2) is 0 Å². The van der Waals surface area contributed by atoms with E-state index in [9.17, 15) is 5.11 Å². The van der Waals surface area contributed by atoms with Crippen molar-refractivity contribution in [1.29, 1.82) is 0 Å². The number of aliphatic hydroxyl groups is 1. The van der Waals surface area contributed by atoms with Crippen molar-refractivity contribution in [2.75, 3.05) is 0 Å². The van der Waals surface area contributed by atoms with E-state index < -0.39 is 6.10 Å². The molecule has 1 atom stereocenters. The maximum atomic E-state index is 10.2. The molecule has 1 N–H and O–H groups in total. The van der Waals surface area contributed by atoms with Crippen molar-refractivity contribution >= 4 is 11.6 Å². The van der Waals surface area contributed by atoms with Crippen LogP contribution in [-0.2, 0) is 0 Å². The molecule has 0 amide bonds. The molecule has 2 nitrogen and oxygen atoms in total.